The zero-order valence-electron chi connectivity index (χ0n) is 11.9. The highest BCUT2D eigenvalue weighted by Crippen LogP contribution is 2.18. The molecule has 0 atom stereocenters. The minimum absolute atomic E-state index is 0.264. The summed E-state index contributed by atoms with van der Waals surface area (Å²) in [5, 5.41) is 5.46. The smallest absolute Gasteiger partial charge is 0.225 e. The van der Waals surface area contributed by atoms with Crippen LogP contribution in [0.2, 0.25) is 0 Å². The quantitative estimate of drug-likeness (QED) is 0.915. The van der Waals surface area contributed by atoms with Crippen LogP contribution in [0, 0.1) is 5.92 Å². The summed E-state index contributed by atoms with van der Waals surface area (Å²) in [6, 6.07) is 4.30. The van der Waals surface area contributed by atoms with Gasteiger partial charge in [-0.15, -0.1) is 11.3 Å². The van der Waals surface area contributed by atoms with Crippen molar-refractivity contribution in [1.29, 1.82) is 0 Å². The number of piperazine rings is 1. The van der Waals surface area contributed by atoms with Gasteiger partial charge in [0, 0.05) is 43.5 Å². The fraction of sp³-hybridized carbons (Fsp3) is 0.667. The monoisotopic (exact) mass is 293 g/mol. The molecule has 0 aromatic carbocycles. The van der Waals surface area contributed by atoms with Crippen molar-refractivity contribution in [3.05, 3.63) is 22.4 Å². The van der Waals surface area contributed by atoms with Crippen molar-refractivity contribution in [2.24, 2.45) is 5.92 Å². The molecule has 3 heterocycles. The Morgan fingerprint density at radius 3 is 2.65 bits per heavy atom. The van der Waals surface area contributed by atoms with Crippen LogP contribution in [0.4, 0.5) is 0 Å². The van der Waals surface area contributed by atoms with Gasteiger partial charge < -0.3 is 10.2 Å². The second-order valence-corrected chi connectivity index (χ2v) is 6.74. The largest absolute Gasteiger partial charge is 0.340 e. The van der Waals surface area contributed by atoms with Gasteiger partial charge in [-0.05, 0) is 37.4 Å². The highest BCUT2D eigenvalue weighted by atomic mass is 32.1. The lowest BCUT2D eigenvalue weighted by molar-refractivity contribution is -0.138. The Balaban J connectivity index is 1.46. The molecule has 20 heavy (non-hydrogen) atoms. The first kappa shape index (κ1) is 14.0. The Hall–Kier alpha value is -0.910. The van der Waals surface area contributed by atoms with E-state index < -0.39 is 0 Å². The van der Waals surface area contributed by atoms with Crippen molar-refractivity contribution in [3.8, 4) is 0 Å². The second kappa shape index (κ2) is 6.70. The predicted molar refractivity (Wildman–Crippen MR) is 81.8 cm³/mol. The molecule has 0 spiro atoms. The standard InChI is InChI=1S/C15H23N3OS/c19-15(13-3-5-16-6-4-13)18-9-7-17(8-10-18)12-14-2-1-11-20-14/h1-2,11,13,16H,3-10,12H2. The van der Waals surface area contributed by atoms with Crippen molar-refractivity contribution < 1.29 is 4.79 Å². The van der Waals surface area contributed by atoms with Gasteiger partial charge in [0.05, 0.1) is 0 Å². The molecular weight excluding hydrogens is 270 g/mol. The Labute approximate surface area is 124 Å². The molecule has 2 aliphatic rings. The first-order valence-electron chi connectivity index (χ1n) is 7.57. The first-order valence-corrected chi connectivity index (χ1v) is 8.45. The van der Waals surface area contributed by atoms with Crippen molar-refractivity contribution in [3.63, 3.8) is 0 Å². The van der Waals surface area contributed by atoms with Gasteiger partial charge in [-0.1, -0.05) is 6.07 Å². The SMILES string of the molecule is O=C(C1CCNCC1)N1CCN(Cc2cccs2)CC1. The van der Waals surface area contributed by atoms with Crippen LogP contribution in [0.3, 0.4) is 0 Å². The first-order chi connectivity index (χ1) is 9.83. The number of nitrogens with zero attached hydrogens (tertiary/aromatic N) is 2. The van der Waals surface area contributed by atoms with E-state index in [4.69, 9.17) is 0 Å². The average molecular weight is 293 g/mol. The molecular formula is C15H23N3OS. The number of rotatable bonds is 3. The third kappa shape index (κ3) is 3.40. The number of amides is 1. The van der Waals surface area contributed by atoms with Gasteiger partial charge in [-0.3, -0.25) is 9.69 Å². The third-order valence-electron chi connectivity index (χ3n) is 4.33. The van der Waals surface area contributed by atoms with Gasteiger partial charge in [0.25, 0.3) is 0 Å². The van der Waals surface area contributed by atoms with Gasteiger partial charge in [0.1, 0.15) is 0 Å². The van der Waals surface area contributed by atoms with Crippen LogP contribution >= 0.6 is 11.3 Å². The molecule has 0 bridgehead atoms. The number of hydrogen-bond acceptors (Lipinski definition) is 4. The van der Waals surface area contributed by atoms with E-state index >= 15 is 0 Å². The summed E-state index contributed by atoms with van der Waals surface area (Å²) in [6.07, 6.45) is 2.02. The molecule has 1 amide bonds. The molecule has 0 aliphatic carbocycles. The van der Waals surface area contributed by atoms with E-state index in [1.165, 1.54) is 4.88 Å². The van der Waals surface area contributed by atoms with Crippen molar-refractivity contribution in [2.75, 3.05) is 39.3 Å². The summed E-state index contributed by atoms with van der Waals surface area (Å²) in [5.41, 5.74) is 0. The van der Waals surface area contributed by atoms with Crippen LogP contribution in [0.25, 0.3) is 0 Å². The van der Waals surface area contributed by atoms with Crippen molar-refractivity contribution in [2.45, 2.75) is 19.4 Å². The summed E-state index contributed by atoms with van der Waals surface area (Å²) in [4.78, 5) is 18.4. The van der Waals surface area contributed by atoms with E-state index in [0.29, 0.717) is 5.91 Å². The molecule has 2 fully saturated rings. The summed E-state index contributed by atoms with van der Waals surface area (Å²) in [7, 11) is 0. The maximum Gasteiger partial charge on any atom is 0.225 e. The van der Waals surface area contributed by atoms with Gasteiger partial charge >= 0.3 is 0 Å². The molecule has 3 rings (SSSR count). The maximum absolute atomic E-state index is 12.5. The molecule has 4 nitrogen and oxygen atoms in total. The van der Waals surface area contributed by atoms with Crippen LogP contribution in [-0.2, 0) is 11.3 Å². The zero-order chi connectivity index (χ0) is 13.8. The van der Waals surface area contributed by atoms with E-state index in [0.717, 1.165) is 58.7 Å². The number of nitrogens with one attached hydrogen (secondary N) is 1. The van der Waals surface area contributed by atoms with E-state index in [1.807, 2.05) is 11.3 Å². The molecule has 0 radical (unpaired) electrons. The minimum atomic E-state index is 0.264. The Morgan fingerprint density at radius 1 is 1.25 bits per heavy atom. The molecule has 110 valence electrons. The molecule has 1 aromatic heterocycles. The molecule has 5 heteroatoms. The molecule has 1 N–H and O–H groups in total. The fourth-order valence-corrected chi connectivity index (χ4v) is 3.82. The minimum Gasteiger partial charge on any atom is -0.340 e. The van der Waals surface area contributed by atoms with E-state index in [-0.39, 0.29) is 5.92 Å². The third-order valence-corrected chi connectivity index (χ3v) is 5.19. The zero-order valence-corrected chi connectivity index (χ0v) is 12.7. The van der Waals surface area contributed by atoms with E-state index in [9.17, 15) is 4.79 Å². The Morgan fingerprint density at radius 2 is 2.00 bits per heavy atom. The molecule has 1 aromatic rings. The lowest BCUT2D eigenvalue weighted by atomic mass is 9.96. The van der Waals surface area contributed by atoms with Crippen LogP contribution in [-0.4, -0.2) is 55.0 Å². The molecule has 2 aliphatic heterocycles. The molecule has 0 saturated carbocycles. The molecule has 2 saturated heterocycles. The van der Waals surface area contributed by atoms with Gasteiger partial charge in [-0.25, -0.2) is 0 Å². The topological polar surface area (TPSA) is 35.6 Å². The van der Waals surface area contributed by atoms with Gasteiger partial charge in [0.15, 0.2) is 0 Å². The van der Waals surface area contributed by atoms with Crippen LogP contribution in [0.1, 0.15) is 17.7 Å². The van der Waals surface area contributed by atoms with Gasteiger partial charge in [-0.2, -0.15) is 0 Å². The fourth-order valence-electron chi connectivity index (χ4n) is 3.08. The number of hydrogen-bond donors (Lipinski definition) is 1. The number of carbonyl (C=O) groups excluding carboxylic acids is 1. The normalized spacial score (nSPS) is 22.1. The maximum atomic E-state index is 12.5. The van der Waals surface area contributed by atoms with E-state index in [1.54, 1.807) is 0 Å². The Kier molecular flexibility index (Phi) is 4.70. The number of thiophene rings is 1. The number of carbonyl (C=O) groups is 1. The van der Waals surface area contributed by atoms with Crippen LogP contribution < -0.4 is 5.32 Å². The van der Waals surface area contributed by atoms with Crippen LogP contribution in [0.15, 0.2) is 17.5 Å². The summed E-state index contributed by atoms with van der Waals surface area (Å²) < 4.78 is 0. The summed E-state index contributed by atoms with van der Waals surface area (Å²) in [5.74, 6) is 0.655. The summed E-state index contributed by atoms with van der Waals surface area (Å²) in [6.45, 7) is 6.84. The average Bonchev–Trinajstić information content (AvgIpc) is 3.01. The van der Waals surface area contributed by atoms with E-state index in [2.05, 4.69) is 32.6 Å². The van der Waals surface area contributed by atoms with Gasteiger partial charge in [0.2, 0.25) is 5.91 Å². The lowest BCUT2D eigenvalue weighted by Gasteiger charge is -2.37. The van der Waals surface area contributed by atoms with Crippen molar-refractivity contribution >= 4 is 17.2 Å². The lowest BCUT2D eigenvalue weighted by Crippen LogP contribution is -2.51. The highest BCUT2D eigenvalue weighted by molar-refractivity contribution is 7.09. The Bertz CT molecular complexity index is 420. The summed E-state index contributed by atoms with van der Waals surface area (Å²) >= 11 is 1.82. The highest BCUT2D eigenvalue weighted by Gasteiger charge is 2.28. The molecule has 0 unspecified atom stereocenters. The van der Waals surface area contributed by atoms with Crippen molar-refractivity contribution in [1.82, 2.24) is 15.1 Å². The second-order valence-electron chi connectivity index (χ2n) is 5.71. The number of piperidine rings is 1. The predicted octanol–water partition coefficient (Wildman–Crippen LogP) is 1.39. The van der Waals surface area contributed by atoms with Crippen LogP contribution in [0.5, 0.6) is 0 Å².